The second kappa shape index (κ2) is 7.80. The minimum atomic E-state index is -3.53. The quantitative estimate of drug-likeness (QED) is 0.721. The molecule has 0 saturated heterocycles. The minimum Gasteiger partial charge on any atom is -0.398 e. The van der Waals surface area contributed by atoms with Crippen LogP contribution in [0.25, 0.3) is 0 Å². The molecule has 0 aromatic heterocycles. The molecule has 3 N–H and O–H groups in total. The van der Waals surface area contributed by atoms with Crippen molar-refractivity contribution >= 4 is 15.7 Å². The largest absolute Gasteiger partial charge is 0.398 e. The molecule has 5 heteroatoms. The van der Waals surface area contributed by atoms with Crippen LogP contribution in [0.3, 0.4) is 0 Å². The lowest BCUT2D eigenvalue weighted by Crippen LogP contribution is -2.35. The number of anilines is 1. The summed E-state index contributed by atoms with van der Waals surface area (Å²) in [7, 11) is -3.53. The molecule has 21 heavy (non-hydrogen) atoms. The number of nitrogen functional groups attached to an aromatic ring is 1. The number of hydrogen-bond donors (Lipinski definition) is 2. The third kappa shape index (κ3) is 4.71. The van der Waals surface area contributed by atoms with Gasteiger partial charge >= 0.3 is 0 Å². The van der Waals surface area contributed by atoms with Gasteiger partial charge in [0.2, 0.25) is 10.0 Å². The van der Waals surface area contributed by atoms with Gasteiger partial charge in [-0.05, 0) is 43.9 Å². The zero-order chi connectivity index (χ0) is 16.0. The van der Waals surface area contributed by atoms with Crippen molar-refractivity contribution < 1.29 is 8.42 Å². The van der Waals surface area contributed by atoms with Gasteiger partial charge < -0.3 is 5.73 Å². The van der Waals surface area contributed by atoms with Crippen LogP contribution >= 0.6 is 0 Å². The second-order valence-corrected chi connectivity index (χ2v) is 7.33. The Balaban J connectivity index is 3.07. The van der Waals surface area contributed by atoms with Crippen LogP contribution in [0.4, 0.5) is 5.69 Å². The lowest BCUT2D eigenvalue weighted by molar-refractivity contribution is 0.483. The van der Waals surface area contributed by atoms with Crippen LogP contribution in [0.2, 0.25) is 0 Å². The highest BCUT2D eigenvalue weighted by Crippen LogP contribution is 2.25. The van der Waals surface area contributed by atoms with Gasteiger partial charge in [-0.25, -0.2) is 13.1 Å². The van der Waals surface area contributed by atoms with E-state index in [2.05, 4.69) is 18.6 Å². The van der Waals surface area contributed by atoms with Crippen LogP contribution in [0.5, 0.6) is 0 Å². The molecular formula is C16H28N2O2S. The molecule has 0 aliphatic rings. The fraction of sp³-hybridized carbons (Fsp3) is 0.625. The van der Waals surface area contributed by atoms with Crippen LogP contribution in [0, 0.1) is 13.8 Å². The van der Waals surface area contributed by atoms with E-state index < -0.39 is 10.0 Å². The molecule has 0 spiro atoms. The maximum absolute atomic E-state index is 12.7. The van der Waals surface area contributed by atoms with Gasteiger partial charge in [0.25, 0.3) is 0 Å². The fourth-order valence-electron chi connectivity index (χ4n) is 2.60. The first-order valence-corrected chi connectivity index (χ1v) is 9.19. The van der Waals surface area contributed by atoms with Gasteiger partial charge in [0.05, 0.1) is 4.90 Å². The van der Waals surface area contributed by atoms with E-state index in [1.54, 1.807) is 19.1 Å². The Hall–Kier alpha value is -1.07. The van der Waals surface area contributed by atoms with E-state index in [1.165, 1.54) is 0 Å². The molecule has 1 rings (SSSR count). The Morgan fingerprint density at radius 3 is 2.38 bits per heavy atom. The SMILES string of the molecule is CCCCC(CCC)NS(=O)(=O)c1c(C)ccc(N)c1C. The van der Waals surface area contributed by atoms with Crippen LogP contribution in [-0.2, 0) is 10.0 Å². The Kier molecular flexibility index (Phi) is 6.68. The molecule has 0 fully saturated rings. The summed E-state index contributed by atoms with van der Waals surface area (Å²) in [5.41, 5.74) is 7.75. The third-order valence-corrected chi connectivity index (χ3v) is 5.59. The molecule has 0 heterocycles. The number of unbranched alkanes of at least 4 members (excludes halogenated alkanes) is 1. The van der Waals surface area contributed by atoms with E-state index >= 15 is 0 Å². The minimum absolute atomic E-state index is 0.000167. The lowest BCUT2D eigenvalue weighted by atomic mass is 10.1. The van der Waals surface area contributed by atoms with Gasteiger partial charge in [-0.15, -0.1) is 0 Å². The number of nitrogens with two attached hydrogens (primary N) is 1. The van der Waals surface area contributed by atoms with Crippen molar-refractivity contribution in [1.82, 2.24) is 4.72 Å². The molecule has 1 unspecified atom stereocenters. The number of nitrogens with one attached hydrogen (secondary N) is 1. The van der Waals surface area contributed by atoms with Gasteiger partial charge in [-0.2, -0.15) is 0 Å². The summed E-state index contributed by atoms with van der Waals surface area (Å²) in [6.45, 7) is 7.76. The Morgan fingerprint density at radius 1 is 1.14 bits per heavy atom. The highest BCUT2D eigenvalue weighted by atomic mass is 32.2. The summed E-state index contributed by atoms with van der Waals surface area (Å²) in [6, 6.07) is 3.52. The number of aryl methyl sites for hydroxylation is 1. The molecule has 0 aliphatic carbocycles. The Morgan fingerprint density at radius 2 is 1.81 bits per heavy atom. The van der Waals surface area contributed by atoms with Crippen LogP contribution in [-0.4, -0.2) is 14.5 Å². The molecule has 0 bridgehead atoms. The number of rotatable bonds is 8. The average molecular weight is 312 g/mol. The third-order valence-electron chi connectivity index (χ3n) is 3.78. The molecule has 0 saturated carbocycles. The zero-order valence-electron chi connectivity index (χ0n) is 13.6. The smallest absolute Gasteiger partial charge is 0.241 e. The van der Waals surface area contributed by atoms with E-state index in [0.29, 0.717) is 16.1 Å². The van der Waals surface area contributed by atoms with Gasteiger partial charge in [0.15, 0.2) is 0 Å². The monoisotopic (exact) mass is 312 g/mol. The number of hydrogen-bond acceptors (Lipinski definition) is 3. The first-order chi connectivity index (χ1) is 9.83. The van der Waals surface area contributed by atoms with Gasteiger partial charge in [-0.1, -0.05) is 39.2 Å². The normalized spacial score (nSPS) is 13.3. The first kappa shape index (κ1) is 18.0. The summed E-state index contributed by atoms with van der Waals surface area (Å²) in [6.07, 6.45) is 4.80. The highest BCUT2D eigenvalue weighted by Gasteiger charge is 2.23. The fourth-order valence-corrected chi connectivity index (χ4v) is 4.40. The van der Waals surface area contributed by atoms with Crippen molar-refractivity contribution in [2.24, 2.45) is 0 Å². The molecule has 1 atom stereocenters. The Labute approximate surface area is 129 Å². The van der Waals surface area contributed by atoms with Gasteiger partial charge in [0, 0.05) is 11.7 Å². The van der Waals surface area contributed by atoms with Crippen molar-refractivity contribution in [3.8, 4) is 0 Å². The molecule has 1 aromatic carbocycles. The van der Waals surface area contributed by atoms with Crippen molar-refractivity contribution in [2.75, 3.05) is 5.73 Å². The molecular weight excluding hydrogens is 284 g/mol. The molecule has 0 aliphatic heterocycles. The maximum atomic E-state index is 12.7. The molecule has 1 aromatic rings. The predicted octanol–water partition coefficient (Wildman–Crippen LogP) is 3.52. The van der Waals surface area contributed by atoms with Gasteiger partial charge in [-0.3, -0.25) is 0 Å². The molecule has 0 amide bonds. The number of sulfonamides is 1. The molecule has 0 radical (unpaired) electrons. The zero-order valence-corrected chi connectivity index (χ0v) is 14.4. The van der Waals surface area contributed by atoms with Crippen LogP contribution < -0.4 is 10.5 Å². The van der Waals surface area contributed by atoms with E-state index in [9.17, 15) is 8.42 Å². The summed E-state index contributed by atoms with van der Waals surface area (Å²) in [5.74, 6) is 0. The topological polar surface area (TPSA) is 72.2 Å². The van der Waals surface area contributed by atoms with Crippen molar-refractivity contribution in [2.45, 2.75) is 70.7 Å². The Bertz CT molecular complexity index is 568. The maximum Gasteiger partial charge on any atom is 0.241 e. The van der Waals surface area contributed by atoms with Crippen LogP contribution in [0.1, 0.15) is 57.1 Å². The molecule has 120 valence electrons. The van der Waals surface area contributed by atoms with Crippen LogP contribution in [0.15, 0.2) is 17.0 Å². The standard InChI is InChI=1S/C16H28N2O2S/c1-5-7-9-14(8-6-2)18-21(19,20)16-12(3)10-11-15(17)13(16)4/h10-11,14,18H,5-9,17H2,1-4H3. The van der Waals surface area contributed by atoms with Crippen molar-refractivity contribution in [1.29, 1.82) is 0 Å². The second-order valence-electron chi connectivity index (χ2n) is 5.67. The van der Waals surface area contributed by atoms with E-state index in [1.807, 2.05) is 6.92 Å². The van der Waals surface area contributed by atoms with Gasteiger partial charge in [0.1, 0.15) is 0 Å². The van der Waals surface area contributed by atoms with E-state index in [0.717, 1.165) is 37.7 Å². The van der Waals surface area contributed by atoms with Crippen molar-refractivity contribution in [3.63, 3.8) is 0 Å². The molecule has 4 nitrogen and oxygen atoms in total. The summed E-state index contributed by atoms with van der Waals surface area (Å²) >= 11 is 0. The lowest BCUT2D eigenvalue weighted by Gasteiger charge is -2.20. The summed E-state index contributed by atoms with van der Waals surface area (Å²) in [4.78, 5) is 0.333. The predicted molar refractivity (Wildman–Crippen MR) is 88.9 cm³/mol. The highest BCUT2D eigenvalue weighted by molar-refractivity contribution is 7.89. The summed E-state index contributed by atoms with van der Waals surface area (Å²) in [5, 5.41) is 0. The number of benzene rings is 1. The first-order valence-electron chi connectivity index (χ1n) is 7.71. The van der Waals surface area contributed by atoms with Crippen molar-refractivity contribution in [3.05, 3.63) is 23.3 Å². The summed E-state index contributed by atoms with van der Waals surface area (Å²) < 4.78 is 28.3. The average Bonchev–Trinajstić information content (AvgIpc) is 2.40. The van der Waals surface area contributed by atoms with E-state index in [-0.39, 0.29) is 6.04 Å². The van der Waals surface area contributed by atoms with E-state index in [4.69, 9.17) is 5.73 Å².